The van der Waals surface area contributed by atoms with Crippen LogP contribution in [0.1, 0.15) is 38.4 Å². The van der Waals surface area contributed by atoms with E-state index in [2.05, 4.69) is 0 Å². The number of halogens is 1. The first-order chi connectivity index (χ1) is 11.5. The van der Waals surface area contributed by atoms with E-state index < -0.39 is 49.3 Å². The highest BCUT2D eigenvalue weighted by Crippen LogP contribution is 2.46. The highest BCUT2D eigenvalue weighted by molar-refractivity contribution is 7.46. The quantitative estimate of drug-likeness (QED) is 0.350. The van der Waals surface area contributed by atoms with Gasteiger partial charge in [0.15, 0.2) is 5.95 Å². The average Bonchev–Trinajstić information content (AvgIpc) is 2.74. The Kier molecular flexibility index (Phi) is 5.85. The summed E-state index contributed by atoms with van der Waals surface area (Å²) in [7, 11) is -4.78. The fourth-order valence-corrected chi connectivity index (χ4v) is 3.59. The summed E-state index contributed by atoms with van der Waals surface area (Å²) in [5.74, 6) is -0.992. The molecule has 0 radical (unpaired) electrons. The van der Waals surface area contributed by atoms with Gasteiger partial charge in [0.25, 0.3) is 0 Å². The number of aromatic nitrogens is 1. The van der Waals surface area contributed by atoms with E-state index in [1.54, 1.807) is 6.92 Å². The number of phosphoric ester groups is 1. The van der Waals surface area contributed by atoms with Crippen LogP contribution in [0.4, 0.5) is 4.39 Å². The number of hydrogen-bond donors (Lipinski definition) is 5. The number of ether oxygens (including phenoxy) is 1. The van der Waals surface area contributed by atoms with Gasteiger partial charge < -0.3 is 24.7 Å². The summed E-state index contributed by atoms with van der Waals surface area (Å²) in [4.78, 5) is 31.1. The lowest BCUT2D eigenvalue weighted by Crippen LogP contribution is -2.38. The predicted octanol–water partition coefficient (Wildman–Crippen LogP) is 0.344. The number of aliphatic hydroxyl groups is 2. The van der Waals surface area contributed by atoms with Crippen molar-refractivity contribution >= 4 is 7.82 Å². The van der Waals surface area contributed by atoms with Gasteiger partial charge in [-0.2, -0.15) is 4.39 Å². The molecule has 1 aliphatic rings. The Morgan fingerprint density at radius 1 is 1.36 bits per heavy atom. The zero-order chi connectivity index (χ0) is 19.0. The van der Waals surface area contributed by atoms with E-state index in [0.717, 1.165) is 12.1 Å². The smallest absolute Gasteiger partial charge is 0.388 e. The fourth-order valence-electron chi connectivity index (χ4n) is 2.81. The van der Waals surface area contributed by atoms with Crippen molar-refractivity contribution in [2.24, 2.45) is 0 Å². The van der Waals surface area contributed by atoms with Gasteiger partial charge in [-0.15, -0.1) is 0 Å². The van der Waals surface area contributed by atoms with Gasteiger partial charge in [-0.25, -0.2) is 4.57 Å². The van der Waals surface area contributed by atoms with Gasteiger partial charge in [0.2, 0.25) is 5.56 Å². The Bertz CT molecular complexity index is 721. The highest BCUT2D eigenvalue weighted by atomic mass is 31.2. The van der Waals surface area contributed by atoms with Crippen molar-refractivity contribution in [3.05, 3.63) is 34.0 Å². The van der Waals surface area contributed by atoms with Crippen molar-refractivity contribution in [2.75, 3.05) is 0 Å². The molecule has 0 bridgehead atoms. The van der Waals surface area contributed by atoms with E-state index in [0.29, 0.717) is 0 Å². The molecule has 2 unspecified atom stereocenters. The Morgan fingerprint density at radius 3 is 2.52 bits per heavy atom. The molecule has 0 aromatic carbocycles. The zero-order valence-corrected chi connectivity index (χ0v) is 14.5. The molecule has 1 aliphatic heterocycles. The third-order valence-electron chi connectivity index (χ3n) is 4.29. The van der Waals surface area contributed by atoms with Crippen LogP contribution in [0, 0.1) is 5.95 Å². The van der Waals surface area contributed by atoms with Gasteiger partial charge in [-0.05, 0) is 19.4 Å². The van der Waals surface area contributed by atoms with Crippen LogP contribution in [0.3, 0.4) is 0 Å². The monoisotopic (exact) mass is 381 g/mol. The molecule has 9 nitrogen and oxygen atoms in total. The van der Waals surface area contributed by atoms with E-state index >= 15 is 0 Å². The highest BCUT2D eigenvalue weighted by Gasteiger charge is 2.47. The van der Waals surface area contributed by atoms with Crippen molar-refractivity contribution in [3.63, 3.8) is 0 Å². The summed E-state index contributed by atoms with van der Waals surface area (Å²) >= 11 is 0. The van der Waals surface area contributed by atoms with Gasteiger partial charge in [-0.3, -0.25) is 14.3 Å². The molecular formula is C14H21FNO8P. The molecule has 1 saturated heterocycles. The topological polar surface area (TPSA) is 149 Å². The van der Waals surface area contributed by atoms with Crippen LogP contribution in [0.25, 0.3) is 0 Å². The number of rotatable bonds is 6. The first-order valence-corrected chi connectivity index (χ1v) is 9.15. The van der Waals surface area contributed by atoms with Crippen molar-refractivity contribution in [1.29, 1.82) is 0 Å². The maximum atomic E-state index is 13.9. The molecule has 0 amide bonds. The molecule has 142 valence electrons. The zero-order valence-electron chi connectivity index (χ0n) is 13.6. The SMILES string of the molecule is CCC(C)(C[C@H]1O[C@@H](c2ccc(=O)[nH]c2F)[C@@H](O)C1O)OP(=O)(O)O. The van der Waals surface area contributed by atoms with E-state index in [-0.39, 0.29) is 18.4 Å². The second kappa shape index (κ2) is 7.24. The molecule has 0 spiro atoms. The Morgan fingerprint density at radius 2 is 2.00 bits per heavy atom. The third-order valence-corrected chi connectivity index (χ3v) is 4.97. The molecule has 25 heavy (non-hydrogen) atoms. The number of phosphoric acid groups is 1. The molecule has 5 N–H and O–H groups in total. The number of aliphatic hydroxyl groups excluding tert-OH is 2. The van der Waals surface area contributed by atoms with Crippen LogP contribution in [-0.4, -0.2) is 48.9 Å². The first kappa shape index (κ1) is 20.2. The van der Waals surface area contributed by atoms with Crippen molar-refractivity contribution in [3.8, 4) is 0 Å². The van der Waals surface area contributed by atoms with E-state index in [4.69, 9.17) is 19.0 Å². The molecule has 5 atom stereocenters. The standard InChI is InChI=1S/C14H21FNO8P/c1-3-14(2,24-25(20,21)22)6-8-10(18)11(19)12(23-8)7-4-5-9(17)16-13(7)15/h4-5,8,10-12,18-19H,3,6H2,1-2H3,(H,16,17)(H2,20,21,22)/t8-,10?,11+,12+,14?/m1/s1. The first-order valence-electron chi connectivity index (χ1n) is 7.62. The maximum Gasteiger partial charge on any atom is 0.470 e. The number of nitrogens with one attached hydrogen (secondary N) is 1. The summed E-state index contributed by atoms with van der Waals surface area (Å²) in [5.41, 5.74) is -2.13. The predicted molar refractivity (Wildman–Crippen MR) is 83.1 cm³/mol. The Labute approximate surface area is 142 Å². The second-order valence-electron chi connectivity index (χ2n) is 6.26. The molecule has 0 saturated carbocycles. The van der Waals surface area contributed by atoms with Crippen molar-refractivity contribution in [1.82, 2.24) is 4.98 Å². The second-order valence-corrected chi connectivity index (χ2v) is 7.42. The van der Waals surface area contributed by atoms with Gasteiger partial charge in [0, 0.05) is 18.1 Å². The molecule has 2 rings (SSSR count). The van der Waals surface area contributed by atoms with Crippen molar-refractivity contribution in [2.45, 2.75) is 56.7 Å². The summed E-state index contributed by atoms with van der Waals surface area (Å²) < 4.78 is 35.3. The summed E-state index contributed by atoms with van der Waals surface area (Å²) in [6.45, 7) is 3.06. The molecule has 11 heteroatoms. The molecule has 2 heterocycles. The fraction of sp³-hybridized carbons (Fsp3) is 0.643. The number of H-pyrrole nitrogens is 1. The lowest BCUT2D eigenvalue weighted by molar-refractivity contribution is -0.0522. The minimum Gasteiger partial charge on any atom is -0.388 e. The number of hydrogen-bond acceptors (Lipinski definition) is 6. The number of aromatic amines is 1. The summed E-state index contributed by atoms with van der Waals surface area (Å²) in [6.07, 6.45) is -5.16. The molecule has 1 aromatic heterocycles. The van der Waals surface area contributed by atoms with E-state index in [9.17, 15) is 24.0 Å². The molecule has 1 aromatic rings. The van der Waals surface area contributed by atoms with Gasteiger partial charge >= 0.3 is 7.82 Å². The molecular weight excluding hydrogens is 360 g/mol. The van der Waals surface area contributed by atoms with Crippen LogP contribution in [0.15, 0.2) is 16.9 Å². The van der Waals surface area contributed by atoms with Gasteiger partial charge in [-0.1, -0.05) is 6.92 Å². The number of pyridine rings is 1. The third kappa shape index (κ3) is 4.73. The minimum absolute atomic E-state index is 0.136. The minimum atomic E-state index is -4.78. The van der Waals surface area contributed by atoms with E-state index in [1.165, 1.54) is 6.92 Å². The van der Waals surface area contributed by atoms with Crippen LogP contribution >= 0.6 is 7.82 Å². The summed E-state index contributed by atoms with van der Waals surface area (Å²) in [6, 6.07) is 2.20. The van der Waals surface area contributed by atoms with E-state index in [1.807, 2.05) is 4.98 Å². The lowest BCUT2D eigenvalue weighted by atomic mass is 9.92. The lowest BCUT2D eigenvalue weighted by Gasteiger charge is -2.31. The molecule has 0 aliphatic carbocycles. The summed E-state index contributed by atoms with van der Waals surface area (Å²) in [5, 5.41) is 20.3. The van der Waals surface area contributed by atoms with Gasteiger partial charge in [0.05, 0.1) is 11.7 Å². The maximum absolute atomic E-state index is 13.9. The molecule has 1 fully saturated rings. The van der Waals surface area contributed by atoms with Crippen LogP contribution < -0.4 is 5.56 Å². The van der Waals surface area contributed by atoms with Crippen LogP contribution in [-0.2, 0) is 13.8 Å². The Balaban J connectivity index is 2.21. The average molecular weight is 381 g/mol. The van der Waals surface area contributed by atoms with Crippen LogP contribution in [0.2, 0.25) is 0 Å². The largest absolute Gasteiger partial charge is 0.470 e. The Hall–Kier alpha value is -1.13. The normalized spacial score (nSPS) is 29.6. The van der Waals surface area contributed by atoms with Crippen LogP contribution in [0.5, 0.6) is 0 Å². The van der Waals surface area contributed by atoms with Gasteiger partial charge in [0.1, 0.15) is 18.3 Å². The van der Waals surface area contributed by atoms with Crippen molar-refractivity contribution < 1.29 is 38.2 Å².